The van der Waals surface area contributed by atoms with Gasteiger partial charge in [0, 0.05) is 5.56 Å². The number of benzene rings is 2. The molecule has 0 aliphatic heterocycles. The number of hydrogen-bond donors (Lipinski definition) is 0. The van der Waals surface area contributed by atoms with E-state index in [0.717, 1.165) is 16.7 Å². The molecule has 0 radical (unpaired) electrons. The smallest absolute Gasteiger partial charge is 0.356 e. The van der Waals surface area contributed by atoms with Gasteiger partial charge in [-0.1, -0.05) is 54.6 Å². The standard InChI is InChI=1S/C16H16O3S/c1-19-16(17)12-20(18)11-13-7-9-15(10-8-13)14-5-3-2-4-6-14/h2-10H,11-12H2,1H3. The van der Waals surface area contributed by atoms with Gasteiger partial charge in [0.15, 0.2) is 0 Å². The normalized spacial score (nSPS) is 11.9. The fraction of sp³-hybridized carbons (Fsp3) is 0.188. The zero-order chi connectivity index (χ0) is 14.4. The summed E-state index contributed by atoms with van der Waals surface area (Å²) in [7, 11) is 1.30. The van der Waals surface area contributed by atoms with E-state index in [2.05, 4.69) is 4.74 Å². The van der Waals surface area contributed by atoms with Crippen LogP contribution >= 0.6 is 0 Å². The summed E-state index contributed by atoms with van der Waals surface area (Å²) in [5.74, 6) is -0.134. The van der Waals surface area contributed by atoms with Crippen LogP contribution in [-0.2, 0) is 26.5 Å². The number of ether oxygens (including phenoxy) is 1. The molecular formula is C16H16O3S. The largest absolute Gasteiger partial charge is 0.616 e. The molecule has 0 heterocycles. The van der Waals surface area contributed by atoms with E-state index in [1.807, 2.05) is 54.6 Å². The van der Waals surface area contributed by atoms with Crippen molar-refractivity contribution in [2.75, 3.05) is 12.9 Å². The lowest BCUT2D eigenvalue weighted by molar-refractivity contribution is -0.137. The van der Waals surface area contributed by atoms with Crippen LogP contribution < -0.4 is 0 Å². The minimum absolute atomic E-state index is 0.0586. The molecule has 0 aromatic heterocycles. The number of carbonyl (C=O) groups is 1. The molecule has 4 heteroatoms. The van der Waals surface area contributed by atoms with Crippen LogP contribution in [0.2, 0.25) is 0 Å². The second-order valence-electron chi connectivity index (χ2n) is 4.37. The van der Waals surface area contributed by atoms with Crippen molar-refractivity contribution in [1.82, 2.24) is 0 Å². The maximum Gasteiger partial charge on any atom is 0.356 e. The molecule has 0 aliphatic rings. The predicted octanol–water partition coefficient (Wildman–Crippen LogP) is 2.78. The van der Waals surface area contributed by atoms with Crippen LogP contribution in [0.1, 0.15) is 5.56 Å². The Morgan fingerprint density at radius 3 is 2.25 bits per heavy atom. The van der Waals surface area contributed by atoms with Gasteiger partial charge in [-0.05, 0) is 22.3 Å². The van der Waals surface area contributed by atoms with Crippen LogP contribution in [0.5, 0.6) is 0 Å². The summed E-state index contributed by atoms with van der Waals surface area (Å²) in [6.45, 7) is 0. The highest BCUT2D eigenvalue weighted by Crippen LogP contribution is 2.20. The number of rotatable bonds is 5. The van der Waals surface area contributed by atoms with E-state index < -0.39 is 17.1 Å². The van der Waals surface area contributed by atoms with Gasteiger partial charge in [-0.15, -0.1) is 0 Å². The molecule has 0 N–H and O–H groups in total. The molecule has 0 saturated heterocycles. The van der Waals surface area contributed by atoms with Crippen LogP contribution in [0.3, 0.4) is 0 Å². The van der Waals surface area contributed by atoms with Gasteiger partial charge in [-0.2, -0.15) is 0 Å². The van der Waals surface area contributed by atoms with Gasteiger partial charge >= 0.3 is 5.97 Å². The van der Waals surface area contributed by atoms with Crippen LogP contribution in [0.25, 0.3) is 11.1 Å². The Morgan fingerprint density at radius 2 is 1.65 bits per heavy atom. The van der Waals surface area contributed by atoms with Crippen molar-refractivity contribution in [1.29, 1.82) is 0 Å². The fourth-order valence-electron chi connectivity index (χ4n) is 1.85. The highest BCUT2D eigenvalue weighted by molar-refractivity contribution is 7.91. The summed E-state index contributed by atoms with van der Waals surface area (Å²) in [5, 5.41) is 0. The molecule has 2 aromatic carbocycles. The van der Waals surface area contributed by atoms with Crippen LogP contribution in [0.4, 0.5) is 0 Å². The average Bonchev–Trinajstić information content (AvgIpc) is 2.48. The lowest BCUT2D eigenvalue weighted by Crippen LogP contribution is -2.18. The molecule has 1 unspecified atom stereocenters. The SMILES string of the molecule is COC(=O)C[S+]([O-])Cc1ccc(-c2ccccc2)cc1. The summed E-state index contributed by atoms with van der Waals surface area (Å²) in [5.41, 5.74) is 3.22. The highest BCUT2D eigenvalue weighted by Gasteiger charge is 2.14. The van der Waals surface area contributed by atoms with Crippen molar-refractivity contribution < 1.29 is 14.1 Å². The van der Waals surface area contributed by atoms with Gasteiger partial charge in [0.05, 0.1) is 7.11 Å². The summed E-state index contributed by atoms with van der Waals surface area (Å²) in [6, 6.07) is 17.9. The highest BCUT2D eigenvalue weighted by atomic mass is 32.2. The van der Waals surface area contributed by atoms with Crippen molar-refractivity contribution in [3.8, 4) is 11.1 Å². The Kier molecular flexibility index (Phi) is 5.21. The Hall–Kier alpha value is -1.78. The first-order valence-corrected chi connectivity index (χ1v) is 7.74. The number of carbonyl (C=O) groups excluding carboxylic acids is 1. The van der Waals surface area contributed by atoms with E-state index >= 15 is 0 Å². The van der Waals surface area contributed by atoms with Crippen molar-refractivity contribution >= 4 is 17.1 Å². The van der Waals surface area contributed by atoms with Gasteiger partial charge < -0.3 is 9.29 Å². The third-order valence-electron chi connectivity index (χ3n) is 2.90. The molecule has 2 rings (SSSR count). The third-order valence-corrected chi connectivity index (χ3v) is 4.11. The van der Waals surface area contributed by atoms with Crippen LogP contribution in [0, 0.1) is 0 Å². The molecule has 0 saturated carbocycles. The predicted molar refractivity (Wildman–Crippen MR) is 80.6 cm³/mol. The van der Waals surface area contributed by atoms with Crippen molar-refractivity contribution in [2.24, 2.45) is 0 Å². The summed E-state index contributed by atoms with van der Waals surface area (Å²) >= 11 is -1.23. The molecule has 104 valence electrons. The summed E-state index contributed by atoms with van der Waals surface area (Å²) in [4.78, 5) is 11.0. The lowest BCUT2D eigenvalue weighted by atomic mass is 10.0. The molecule has 3 nitrogen and oxygen atoms in total. The minimum Gasteiger partial charge on any atom is -0.616 e. The Morgan fingerprint density at radius 1 is 1.05 bits per heavy atom. The van der Waals surface area contributed by atoms with E-state index in [-0.39, 0.29) is 5.75 Å². The van der Waals surface area contributed by atoms with E-state index in [4.69, 9.17) is 0 Å². The molecule has 0 bridgehead atoms. The maximum absolute atomic E-state index is 11.7. The quantitative estimate of drug-likeness (QED) is 0.628. The minimum atomic E-state index is -1.23. The zero-order valence-electron chi connectivity index (χ0n) is 11.2. The Labute approximate surface area is 121 Å². The molecule has 0 aliphatic carbocycles. The first kappa shape index (κ1) is 14.6. The average molecular weight is 288 g/mol. The van der Waals surface area contributed by atoms with Crippen LogP contribution in [0.15, 0.2) is 54.6 Å². The number of hydrogen-bond acceptors (Lipinski definition) is 3. The molecule has 20 heavy (non-hydrogen) atoms. The van der Waals surface area contributed by atoms with Crippen molar-refractivity contribution in [2.45, 2.75) is 5.75 Å². The van der Waals surface area contributed by atoms with Gasteiger partial charge in [0.2, 0.25) is 5.75 Å². The molecular weight excluding hydrogens is 272 g/mol. The molecule has 0 fully saturated rings. The molecule has 0 spiro atoms. The third kappa shape index (κ3) is 4.11. The molecule has 0 amide bonds. The van der Waals surface area contributed by atoms with E-state index in [1.54, 1.807) is 0 Å². The van der Waals surface area contributed by atoms with Gasteiger partial charge in [-0.25, -0.2) is 4.79 Å². The van der Waals surface area contributed by atoms with Crippen molar-refractivity contribution in [3.63, 3.8) is 0 Å². The number of esters is 1. The van der Waals surface area contributed by atoms with E-state index in [9.17, 15) is 9.35 Å². The summed E-state index contributed by atoms with van der Waals surface area (Å²) in [6.07, 6.45) is 0. The Balaban J connectivity index is 2.00. The topological polar surface area (TPSA) is 49.4 Å². The molecule has 2 aromatic rings. The zero-order valence-corrected chi connectivity index (χ0v) is 12.1. The molecule has 1 atom stereocenters. The maximum atomic E-state index is 11.7. The Bertz CT molecular complexity index is 552. The lowest BCUT2D eigenvalue weighted by Gasteiger charge is -2.10. The monoisotopic (exact) mass is 288 g/mol. The van der Waals surface area contributed by atoms with E-state index in [0.29, 0.717) is 5.75 Å². The number of methoxy groups -OCH3 is 1. The second-order valence-corrected chi connectivity index (χ2v) is 5.82. The van der Waals surface area contributed by atoms with Gasteiger partial charge in [0.25, 0.3) is 0 Å². The van der Waals surface area contributed by atoms with Crippen molar-refractivity contribution in [3.05, 3.63) is 60.2 Å². The summed E-state index contributed by atoms with van der Waals surface area (Å²) < 4.78 is 16.3. The van der Waals surface area contributed by atoms with Gasteiger partial charge in [0.1, 0.15) is 5.75 Å². The first-order valence-electron chi connectivity index (χ1n) is 6.25. The van der Waals surface area contributed by atoms with E-state index in [1.165, 1.54) is 7.11 Å². The second kappa shape index (κ2) is 7.12. The first-order chi connectivity index (χ1) is 9.69. The van der Waals surface area contributed by atoms with Gasteiger partial charge in [-0.3, -0.25) is 0 Å². The fourth-order valence-corrected chi connectivity index (χ4v) is 2.90. The van der Waals surface area contributed by atoms with Crippen LogP contribution in [-0.4, -0.2) is 23.4 Å².